The summed E-state index contributed by atoms with van der Waals surface area (Å²) in [6, 6.07) is -0.834. The van der Waals surface area contributed by atoms with Crippen molar-refractivity contribution in [3.05, 3.63) is 10.4 Å². The molecule has 0 spiro atoms. The van der Waals surface area contributed by atoms with Crippen molar-refractivity contribution in [3.8, 4) is 0 Å². The standard InChI is InChI=1S/C10H15N3O6/c1-5(14)17-4-7-9(18-6(2)15)8(12-13-11)10(16-3)19-7/h7-10H,4H2,1-3H3/t7-,8-,9-,10?/m1/s1. The molecular formula is C10H15N3O6. The minimum atomic E-state index is -0.863. The van der Waals surface area contributed by atoms with Gasteiger partial charge in [0.05, 0.1) is 0 Å². The molecule has 0 aromatic heterocycles. The zero-order valence-electron chi connectivity index (χ0n) is 10.8. The average molecular weight is 273 g/mol. The van der Waals surface area contributed by atoms with Crippen LogP contribution in [0.1, 0.15) is 13.8 Å². The number of rotatable bonds is 5. The highest BCUT2D eigenvalue weighted by molar-refractivity contribution is 5.66. The maximum atomic E-state index is 11.1. The van der Waals surface area contributed by atoms with Crippen LogP contribution in [0.3, 0.4) is 0 Å². The van der Waals surface area contributed by atoms with Gasteiger partial charge in [0.1, 0.15) is 24.9 Å². The van der Waals surface area contributed by atoms with Crippen molar-refractivity contribution in [2.45, 2.75) is 38.4 Å². The number of nitrogens with zero attached hydrogens (tertiary/aromatic N) is 3. The van der Waals surface area contributed by atoms with E-state index in [4.69, 9.17) is 24.5 Å². The Kier molecular flexibility index (Phi) is 5.56. The Morgan fingerprint density at radius 2 is 2.05 bits per heavy atom. The SMILES string of the molecule is COC1O[C@H](COC(C)=O)[C@@H](OC(C)=O)[C@H]1N=[N+]=[N-]. The van der Waals surface area contributed by atoms with E-state index in [2.05, 4.69) is 10.0 Å². The van der Waals surface area contributed by atoms with E-state index in [1.807, 2.05) is 0 Å². The van der Waals surface area contributed by atoms with Gasteiger partial charge < -0.3 is 18.9 Å². The summed E-state index contributed by atoms with van der Waals surface area (Å²) < 4.78 is 20.3. The van der Waals surface area contributed by atoms with Gasteiger partial charge in [0.15, 0.2) is 6.29 Å². The smallest absolute Gasteiger partial charge is 0.303 e. The predicted molar refractivity (Wildman–Crippen MR) is 60.8 cm³/mol. The van der Waals surface area contributed by atoms with E-state index in [-0.39, 0.29) is 6.61 Å². The van der Waals surface area contributed by atoms with Gasteiger partial charge in [-0.15, -0.1) is 0 Å². The first-order chi connectivity index (χ1) is 8.99. The van der Waals surface area contributed by atoms with Gasteiger partial charge in [0.2, 0.25) is 0 Å². The van der Waals surface area contributed by atoms with Crippen LogP contribution >= 0.6 is 0 Å². The van der Waals surface area contributed by atoms with E-state index < -0.39 is 36.5 Å². The van der Waals surface area contributed by atoms with E-state index in [0.717, 1.165) is 0 Å². The Balaban J connectivity index is 2.85. The Hall–Kier alpha value is -1.83. The number of hydrogen-bond acceptors (Lipinski definition) is 7. The minimum absolute atomic E-state index is 0.120. The summed E-state index contributed by atoms with van der Waals surface area (Å²) in [5, 5.41) is 3.50. The number of ether oxygens (including phenoxy) is 4. The van der Waals surface area contributed by atoms with Gasteiger partial charge in [-0.05, 0) is 5.53 Å². The molecule has 1 aliphatic rings. The average Bonchev–Trinajstić information content (AvgIpc) is 2.65. The Labute approximate surface area is 109 Å². The van der Waals surface area contributed by atoms with Crippen LogP contribution < -0.4 is 0 Å². The highest BCUT2D eigenvalue weighted by Crippen LogP contribution is 2.27. The van der Waals surface area contributed by atoms with E-state index in [9.17, 15) is 9.59 Å². The number of carbonyl (C=O) groups excluding carboxylic acids is 2. The first kappa shape index (κ1) is 15.2. The van der Waals surface area contributed by atoms with Crippen molar-refractivity contribution < 1.29 is 28.5 Å². The molecule has 0 radical (unpaired) electrons. The van der Waals surface area contributed by atoms with Gasteiger partial charge >= 0.3 is 11.9 Å². The fourth-order valence-corrected chi connectivity index (χ4v) is 1.75. The normalized spacial score (nSPS) is 29.4. The lowest BCUT2D eigenvalue weighted by Crippen LogP contribution is -2.37. The van der Waals surface area contributed by atoms with Gasteiger partial charge in [-0.25, -0.2) is 0 Å². The summed E-state index contributed by atoms with van der Waals surface area (Å²) >= 11 is 0. The Bertz CT molecular complexity index is 395. The molecule has 0 aromatic rings. The summed E-state index contributed by atoms with van der Waals surface area (Å²) in [6.07, 6.45) is -2.47. The molecule has 4 atom stereocenters. The highest BCUT2D eigenvalue weighted by Gasteiger charge is 2.47. The summed E-state index contributed by atoms with van der Waals surface area (Å²) in [5.74, 6) is -1.05. The molecule has 0 bridgehead atoms. The van der Waals surface area contributed by atoms with Gasteiger partial charge in [0, 0.05) is 25.9 Å². The number of esters is 2. The van der Waals surface area contributed by atoms with Crippen molar-refractivity contribution in [3.63, 3.8) is 0 Å². The van der Waals surface area contributed by atoms with E-state index >= 15 is 0 Å². The molecule has 0 aromatic carbocycles. The molecule has 1 rings (SSSR count). The quantitative estimate of drug-likeness (QED) is 0.312. The summed E-state index contributed by atoms with van der Waals surface area (Å²) in [6.45, 7) is 2.34. The Morgan fingerprint density at radius 1 is 1.37 bits per heavy atom. The van der Waals surface area contributed by atoms with E-state index in [1.54, 1.807) is 0 Å². The van der Waals surface area contributed by atoms with Crippen molar-refractivity contribution in [1.29, 1.82) is 0 Å². The van der Waals surface area contributed by atoms with Gasteiger partial charge in [-0.1, -0.05) is 5.11 Å². The van der Waals surface area contributed by atoms with Crippen LogP contribution in [0.25, 0.3) is 10.4 Å². The summed E-state index contributed by atoms with van der Waals surface area (Å²) in [5.41, 5.74) is 8.52. The topological polar surface area (TPSA) is 120 Å². The number of methoxy groups -OCH3 is 1. The fourth-order valence-electron chi connectivity index (χ4n) is 1.75. The second-order valence-corrected chi connectivity index (χ2v) is 3.85. The molecular weight excluding hydrogens is 258 g/mol. The van der Waals surface area contributed by atoms with Gasteiger partial charge in [-0.3, -0.25) is 9.59 Å². The zero-order valence-corrected chi connectivity index (χ0v) is 10.8. The van der Waals surface area contributed by atoms with Crippen LogP contribution in [0.5, 0.6) is 0 Å². The number of azide groups is 1. The molecule has 1 unspecified atom stereocenters. The van der Waals surface area contributed by atoms with E-state index in [0.29, 0.717) is 0 Å². The maximum Gasteiger partial charge on any atom is 0.303 e. The molecule has 1 fully saturated rings. The molecule has 19 heavy (non-hydrogen) atoms. The first-order valence-corrected chi connectivity index (χ1v) is 5.52. The monoisotopic (exact) mass is 273 g/mol. The molecule has 0 saturated carbocycles. The molecule has 106 valence electrons. The second-order valence-electron chi connectivity index (χ2n) is 3.85. The molecule has 1 saturated heterocycles. The van der Waals surface area contributed by atoms with Crippen LogP contribution in [0, 0.1) is 0 Å². The molecule has 9 nitrogen and oxygen atoms in total. The molecule has 0 amide bonds. The first-order valence-electron chi connectivity index (χ1n) is 5.52. The lowest BCUT2D eigenvalue weighted by Gasteiger charge is -2.19. The third kappa shape index (κ3) is 4.09. The van der Waals surface area contributed by atoms with Crippen molar-refractivity contribution >= 4 is 11.9 Å². The van der Waals surface area contributed by atoms with Crippen LogP contribution in [0.15, 0.2) is 5.11 Å². The summed E-state index contributed by atoms with van der Waals surface area (Å²) in [4.78, 5) is 24.5. The molecule has 1 heterocycles. The maximum absolute atomic E-state index is 11.1. The largest absolute Gasteiger partial charge is 0.463 e. The van der Waals surface area contributed by atoms with Gasteiger partial charge in [-0.2, -0.15) is 0 Å². The van der Waals surface area contributed by atoms with Gasteiger partial charge in [0.25, 0.3) is 0 Å². The van der Waals surface area contributed by atoms with Crippen LogP contribution in [-0.4, -0.2) is 50.2 Å². The van der Waals surface area contributed by atoms with E-state index in [1.165, 1.54) is 21.0 Å². The highest BCUT2D eigenvalue weighted by atomic mass is 16.7. The Morgan fingerprint density at radius 3 is 2.53 bits per heavy atom. The van der Waals surface area contributed by atoms with Crippen LogP contribution in [0.2, 0.25) is 0 Å². The van der Waals surface area contributed by atoms with Crippen LogP contribution in [-0.2, 0) is 28.5 Å². The lowest BCUT2D eigenvalue weighted by molar-refractivity contribution is -0.161. The number of carbonyl (C=O) groups is 2. The molecule has 1 aliphatic heterocycles. The molecule has 0 aliphatic carbocycles. The molecule has 9 heteroatoms. The fraction of sp³-hybridized carbons (Fsp3) is 0.800. The third-order valence-electron chi connectivity index (χ3n) is 2.46. The zero-order chi connectivity index (χ0) is 14.4. The number of hydrogen-bond donors (Lipinski definition) is 0. The predicted octanol–water partition coefficient (Wildman–Crippen LogP) is 0.531. The lowest BCUT2D eigenvalue weighted by atomic mass is 10.1. The van der Waals surface area contributed by atoms with Crippen molar-refractivity contribution in [2.24, 2.45) is 5.11 Å². The summed E-state index contributed by atoms with van der Waals surface area (Å²) in [7, 11) is 1.36. The van der Waals surface area contributed by atoms with Crippen molar-refractivity contribution in [1.82, 2.24) is 0 Å². The minimum Gasteiger partial charge on any atom is -0.463 e. The van der Waals surface area contributed by atoms with Crippen LogP contribution in [0.4, 0.5) is 0 Å². The second kappa shape index (κ2) is 6.93. The third-order valence-corrected chi connectivity index (χ3v) is 2.46. The molecule has 0 N–H and O–H groups in total. The van der Waals surface area contributed by atoms with Crippen molar-refractivity contribution in [2.75, 3.05) is 13.7 Å².